The van der Waals surface area contributed by atoms with E-state index in [4.69, 9.17) is 34.7 Å². The zero-order valence-electron chi connectivity index (χ0n) is 29.2. The van der Waals surface area contributed by atoms with Gasteiger partial charge in [-0.1, -0.05) is 45.4 Å². The van der Waals surface area contributed by atoms with Crippen LogP contribution < -0.4 is 0 Å². The summed E-state index contributed by atoms with van der Waals surface area (Å²) in [7, 11) is 0. The minimum Gasteiger partial charge on any atom is -0.465 e. The standard InChI is InChI=1S/C36H56O9S3/c1-8-18(3)29(41)44-17-34-21(16-35(43,47)28(27(34)40)45-30(42)19(4)9-2)20-10-11-22-31(5)14-13-24(37)33(7,46)23(31)12-15-32(22,6)36(20,48)26(39)25(34)38/h9-10,18,21-28,37-40,43,46-48H,8,11-17H2,1-7H3/b19-9-/t18?,21?,22?,23?,24-,25+,26-,27-,28-,31+,32+,33-,34-,35-,36+/m0/s1. The summed E-state index contributed by atoms with van der Waals surface area (Å²) in [6.45, 7) is 12.7. The molecule has 4 fully saturated rings. The molecule has 0 aliphatic heterocycles. The molecule has 0 aromatic carbocycles. The summed E-state index contributed by atoms with van der Waals surface area (Å²) in [6, 6.07) is 0. The number of carbonyl (C=O) groups is 2. The average molecular weight is 729 g/mol. The van der Waals surface area contributed by atoms with Gasteiger partial charge in [0, 0.05) is 10.3 Å². The first-order chi connectivity index (χ1) is 22.1. The van der Waals surface area contributed by atoms with Crippen LogP contribution in [0.15, 0.2) is 23.3 Å². The molecule has 0 aromatic rings. The second kappa shape index (κ2) is 12.7. The van der Waals surface area contributed by atoms with Crippen LogP contribution in [-0.4, -0.2) is 89.0 Å². The summed E-state index contributed by atoms with van der Waals surface area (Å²) in [5, 5.41) is 59.9. The molecule has 0 radical (unpaired) electrons. The number of thiol groups is 3. The van der Waals surface area contributed by atoms with Gasteiger partial charge in [-0.05, 0) is 94.3 Å². The summed E-state index contributed by atoms with van der Waals surface area (Å²) >= 11 is 15.0. The topological polar surface area (TPSA) is 154 Å². The van der Waals surface area contributed by atoms with Gasteiger partial charge in [0.2, 0.25) is 0 Å². The van der Waals surface area contributed by atoms with Crippen LogP contribution in [0, 0.1) is 39.9 Å². The maximum absolute atomic E-state index is 13.1. The maximum Gasteiger partial charge on any atom is 0.333 e. The molecule has 9 nitrogen and oxygen atoms in total. The van der Waals surface area contributed by atoms with Crippen LogP contribution in [0.25, 0.3) is 0 Å². The third-order valence-electron chi connectivity index (χ3n) is 14.1. The van der Waals surface area contributed by atoms with Crippen molar-refractivity contribution >= 4 is 49.8 Å². The SMILES string of the molecule is C/C=C(/C)C(=O)O[C@H]1[C@H](O)[C@@]2(COC(=O)C(C)CC)C(C[C@]1(O)S)C1=CCC3[C@@]4(C)CC[C@H](O)[C@@](C)(S)C4CC[C@@]3(C)[C@]1(S)[C@@H](O)[C@H]2O. The first-order valence-electron chi connectivity index (χ1n) is 17.5. The maximum atomic E-state index is 13.1. The van der Waals surface area contributed by atoms with Gasteiger partial charge in [-0.3, -0.25) is 4.79 Å². The molecule has 4 saturated carbocycles. The molecule has 48 heavy (non-hydrogen) atoms. The van der Waals surface area contributed by atoms with Crippen molar-refractivity contribution in [3.63, 3.8) is 0 Å². The van der Waals surface area contributed by atoms with E-state index in [1.165, 1.54) is 0 Å². The van der Waals surface area contributed by atoms with Gasteiger partial charge < -0.3 is 35.0 Å². The number of hydrogen-bond donors (Lipinski definition) is 8. The largest absolute Gasteiger partial charge is 0.465 e. The smallest absolute Gasteiger partial charge is 0.333 e. The Morgan fingerprint density at radius 1 is 1.02 bits per heavy atom. The summed E-state index contributed by atoms with van der Waals surface area (Å²) in [4.78, 5) is 24.0. The van der Waals surface area contributed by atoms with E-state index >= 15 is 0 Å². The van der Waals surface area contributed by atoms with Crippen LogP contribution in [0.3, 0.4) is 0 Å². The molecule has 5 aliphatic rings. The zero-order chi connectivity index (χ0) is 36.0. The number of fused-ring (bicyclic) bond motifs is 7. The third kappa shape index (κ3) is 5.23. The molecule has 0 bridgehead atoms. The van der Waals surface area contributed by atoms with E-state index in [2.05, 4.69) is 26.5 Å². The summed E-state index contributed by atoms with van der Waals surface area (Å²) < 4.78 is 9.60. The number of hydrogen-bond acceptors (Lipinski definition) is 12. The number of rotatable bonds is 6. The highest BCUT2D eigenvalue weighted by atomic mass is 32.1. The Labute approximate surface area is 301 Å². The lowest BCUT2D eigenvalue weighted by Crippen LogP contribution is -2.78. The number of allylic oxidation sites excluding steroid dienone is 2. The van der Waals surface area contributed by atoms with Crippen LogP contribution in [0.1, 0.15) is 93.4 Å². The van der Waals surface area contributed by atoms with Crippen molar-refractivity contribution in [2.45, 2.75) is 138 Å². The molecular formula is C36H56O9S3. The van der Waals surface area contributed by atoms with Gasteiger partial charge in [-0.25, -0.2) is 4.79 Å². The average Bonchev–Trinajstić information content (AvgIpc) is 3.03. The lowest BCUT2D eigenvalue weighted by Gasteiger charge is -2.72. The summed E-state index contributed by atoms with van der Waals surface area (Å²) in [6.07, 6.45) is 0.0336. The normalized spacial score (nSPS) is 50.9. The Balaban J connectivity index is 1.65. The molecule has 12 heteroatoms. The number of ether oxygens (including phenoxy) is 2. The van der Waals surface area contributed by atoms with Gasteiger partial charge in [0.15, 0.2) is 6.10 Å². The molecule has 0 spiro atoms. The fourth-order valence-electron chi connectivity index (χ4n) is 10.7. The Hall–Kier alpha value is -0.730. The molecular weight excluding hydrogens is 673 g/mol. The van der Waals surface area contributed by atoms with Crippen LogP contribution in [-0.2, 0) is 19.1 Å². The fraction of sp³-hybridized carbons (Fsp3) is 0.833. The predicted octanol–water partition coefficient (Wildman–Crippen LogP) is 4.06. The highest BCUT2D eigenvalue weighted by Crippen LogP contribution is 2.74. The van der Waals surface area contributed by atoms with Gasteiger partial charge in [0.05, 0.1) is 34.4 Å². The van der Waals surface area contributed by atoms with Crippen LogP contribution in [0.2, 0.25) is 0 Å². The van der Waals surface area contributed by atoms with Crippen molar-refractivity contribution in [2.75, 3.05) is 6.61 Å². The molecule has 5 aliphatic carbocycles. The molecule has 0 amide bonds. The van der Waals surface area contributed by atoms with Crippen molar-refractivity contribution in [1.82, 2.24) is 0 Å². The van der Waals surface area contributed by atoms with Crippen LogP contribution in [0.4, 0.5) is 0 Å². The first kappa shape index (κ1) is 38.5. The zero-order valence-corrected chi connectivity index (χ0v) is 31.9. The minimum atomic E-state index is -2.05. The Morgan fingerprint density at radius 2 is 1.67 bits per heavy atom. The van der Waals surface area contributed by atoms with E-state index in [1.807, 2.05) is 19.9 Å². The van der Waals surface area contributed by atoms with E-state index in [0.717, 1.165) is 12.8 Å². The van der Waals surface area contributed by atoms with E-state index in [0.29, 0.717) is 31.3 Å². The fourth-order valence-corrected chi connectivity index (χ4v) is 12.3. The lowest BCUT2D eigenvalue weighted by molar-refractivity contribution is -0.267. The lowest BCUT2D eigenvalue weighted by atomic mass is 9.37. The number of carbonyl (C=O) groups excluding carboxylic acids is 2. The Kier molecular flexibility index (Phi) is 10.2. The Morgan fingerprint density at radius 3 is 2.27 bits per heavy atom. The van der Waals surface area contributed by atoms with E-state index < -0.39 is 86.2 Å². The minimum absolute atomic E-state index is 0.00228. The van der Waals surface area contributed by atoms with E-state index in [9.17, 15) is 35.1 Å². The van der Waals surface area contributed by atoms with Gasteiger partial charge in [0.25, 0.3) is 0 Å². The molecule has 0 aromatic heterocycles. The predicted molar refractivity (Wildman–Crippen MR) is 192 cm³/mol. The van der Waals surface area contributed by atoms with Crippen molar-refractivity contribution in [1.29, 1.82) is 0 Å². The number of aliphatic hydroxyl groups excluding tert-OH is 4. The van der Waals surface area contributed by atoms with Crippen molar-refractivity contribution in [2.24, 2.45) is 39.9 Å². The summed E-state index contributed by atoms with van der Waals surface area (Å²) in [5.74, 6) is -2.53. The first-order valence-corrected chi connectivity index (χ1v) is 18.8. The molecule has 0 saturated heterocycles. The van der Waals surface area contributed by atoms with Gasteiger partial charge in [-0.2, -0.15) is 25.3 Å². The monoisotopic (exact) mass is 728 g/mol. The third-order valence-corrected chi connectivity index (χ3v) is 16.2. The van der Waals surface area contributed by atoms with E-state index in [1.54, 1.807) is 26.8 Å². The van der Waals surface area contributed by atoms with Gasteiger partial charge >= 0.3 is 11.9 Å². The second-order valence-corrected chi connectivity index (χ2v) is 18.7. The van der Waals surface area contributed by atoms with Crippen LogP contribution >= 0.6 is 37.9 Å². The van der Waals surface area contributed by atoms with Gasteiger partial charge in [0.1, 0.15) is 17.6 Å². The van der Waals surface area contributed by atoms with Gasteiger partial charge in [-0.15, -0.1) is 12.6 Å². The second-order valence-electron chi connectivity index (χ2n) is 16.3. The molecule has 5 N–H and O–H groups in total. The van der Waals surface area contributed by atoms with E-state index in [-0.39, 0.29) is 29.2 Å². The molecule has 272 valence electrons. The molecule has 5 rings (SSSR count). The number of esters is 2. The van der Waals surface area contributed by atoms with Crippen molar-refractivity contribution < 1.29 is 44.6 Å². The molecule has 4 unspecified atom stereocenters. The highest BCUT2D eigenvalue weighted by molar-refractivity contribution is 7.82. The van der Waals surface area contributed by atoms with Crippen LogP contribution in [0.5, 0.6) is 0 Å². The van der Waals surface area contributed by atoms with Crippen molar-refractivity contribution in [3.8, 4) is 0 Å². The van der Waals surface area contributed by atoms with Crippen molar-refractivity contribution in [3.05, 3.63) is 23.3 Å². The highest BCUT2D eigenvalue weighted by Gasteiger charge is 2.77. The molecule has 15 atom stereocenters. The Bertz CT molecular complexity index is 1370. The number of aliphatic hydroxyl groups is 5. The molecule has 0 heterocycles. The summed E-state index contributed by atoms with van der Waals surface area (Å²) in [5.41, 5.74) is -1.80. The quantitative estimate of drug-likeness (QED) is 0.0666.